The van der Waals surface area contributed by atoms with E-state index in [1.807, 2.05) is 4.72 Å². The molecule has 0 saturated carbocycles. The van der Waals surface area contributed by atoms with Crippen molar-refractivity contribution >= 4 is 27.1 Å². The molecule has 9 nitrogen and oxygen atoms in total. The van der Waals surface area contributed by atoms with Crippen molar-refractivity contribution in [2.75, 3.05) is 4.72 Å². The monoisotopic (exact) mass is 351 g/mol. The van der Waals surface area contributed by atoms with Crippen molar-refractivity contribution in [2.24, 2.45) is 0 Å². The van der Waals surface area contributed by atoms with Crippen molar-refractivity contribution in [3.63, 3.8) is 0 Å². The van der Waals surface area contributed by atoms with Crippen molar-refractivity contribution in [1.29, 1.82) is 0 Å². The first-order valence-electron chi connectivity index (χ1n) is 6.65. The molecule has 0 atom stereocenters. The molecule has 0 aromatic heterocycles. The third kappa shape index (κ3) is 3.49. The molecule has 126 valence electrons. The van der Waals surface area contributed by atoms with Crippen LogP contribution in [0.3, 0.4) is 0 Å². The van der Waals surface area contributed by atoms with Crippen LogP contribution >= 0.6 is 0 Å². The van der Waals surface area contributed by atoms with E-state index in [1.54, 1.807) is 19.1 Å². The Labute approximate surface area is 137 Å². The highest BCUT2D eigenvalue weighted by molar-refractivity contribution is 7.92. The van der Waals surface area contributed by atoms with E-state index in [2.05, 4.69) is 0 Å². The maximum absolute atomic E-state index is 12.4. The van der Waals surface area contributed by atoms with Gasteiger partial charge in [0, 0.05) is 12.1 Å². The molecule has 10 heteroatoms. The molecule has 2 aromatic carbocycles. The van der Waals surface area contributed by atoms with Gasteiger partial charge in [0.05, 0.1) is 14.7 Å². The van der Waals surface area contributed by atoms with E-state index in [4.69, 9.17) is 0 Å². The molecule has 0 heterocycles. The zero-order valence-corrected chi connectivity index (χ0v) is 13.5. The molecule has 0 amide bonds. The summed E-state index contributed by atoms with van der Waals surface area (Å²) in [6.45, 7) is 3.21. The fourth-order valence-corrected chi connectivity index (χ4v) is 3.14. The Kier molecular flexibility index (Phi) is 4.51. The van der Waals surface area contributed by atoms with E-state index in [-0.39, 0.29) is 10.5 Å². The minimum Gasteiger partial charge on any atom is -0.267 e. The van der Waals surface area contributed by atoms with Gasteiger partial charge in [-0.3, -0.25) is 25.0 Å². The van der Waals surface area contributed by atoms with Crippen LogP contribution < -0.4 is 4.72 Å². The van der Waals surface area contributed by atoms with E-state index in [9.17, 15) is 28.6 Å². The molecule has 0 aliphatic heterocycles. The predicted molar refractivity (Wildman–Crippen MR) is 86.5 cm³/mol. The van der Waals surface area contributed by atoms with E-state index in [1.165, 1.54) is 19.1 Å². The topological polar surface area (TPSA) is 132 Å². The van der Waals surface area contributed by atoms with E-state index < -0.39 is 36.9 Å². The van der Waals surface area contributed by atoms with E-state index in [0.717, 1.165) is 17.7 Å². The molecule has 0 spiro atoms. The van der Waals surface area contributed by atoms with Gasteiger partial charge in [0.15, 0.2) is 0 Å². The summed E-state index contributed by atoms with van der Waals surface area (Å²) in [5.41, 5.74) is -0.945. The van der Waals surface area contributed by atoms with Crippen molar-refractivity contribution in [2.45, 2.75) is 18.7 Å². The lowest BCUT2D eigenvalue weighted by molar-refractivity contribution is -0.392. The normalized spacial score (nSPS) is 11.1. The minimum absolute atomic E-state index is 0.155. The van der Waals surface area contributed by atoms with Crippen molar-refractivity contribution < 1.29 is 18.3 Å². The smallest absolute Gasteiger partial charge is 0.267 e. The summed E-state index contributed by atoms with van der Waals surface area (Å²) in [7, 11) is -4.21. The lowest BCUT2D eigenvalue weighted by Crippen LogP contribution is -2.15. The lowest BCUT2D eigenvalue weighted by Gasteiger charge is -2.10. The van der Waals surface area contributed by atoms with Crippen LogP contribution in [0.2, 0.25) is 0 Å². The van der Waals surface area contributed by atoms with Crippen LogP contribution in [-0.2, 0) is 10.0 Å². The number of hydrogen-bond donors (Lipinski definition) is 1. The van der Waals surface area contributed by atoms with E-state index >= 15 is 0 Å². The summed E-state index contributed by atoms with van der Waals surface area (Å²) in [4.78, 5) is 20.4. The first kappa shape index (κ1) is 17.3. The molecule has 0 bridgehead atoms. The predicted octanol–water partition coefficient (Wildman–Crippen LogP) is 2.92. The number of benzene rings is 2. The van der Waals surface area contributed by atoms with Crippen LogP contribution in [-0.4, -0.2) is 18.3 Å². The highest BCUT2D eigenvalue weighted by atomic mass is 32.2. The van der Waals surface area contributed by atoms with Gasteiger partial charge < -0.3 is 0 Å². The maximum atomic E-state index is 12.4. The van der Waals surface area contributed by atoms with Gasteiger partial charge in [0.1, 0.15) is 0 Å². The standard InChI is InChI=1S/C14H13N3O6S/c1-9-3-5-11(6-4-9)24(22,23)15-14-12(16(18)19)7-10(2)8-13(14)17(20)21/h3-8,15H,1-2H3. The Hall–Kier alpha value is -3.01. The molecular formula is C14H13N3O6S. The number of rotatable bonds is 5. The van der Waals surface area contributed by atoms with Crippen LogP contribution in [0.15, 0.2) is 41.3 Å². The van der Waals surface area contributed by atoms with Gasteiger partial charge in [0.25, 0.3) is 10.0 Å². The number of nitro groups is 2. The molecule has 2 aromatic rings. The number of anilines is 1. The number of hydrogen-bond acceptors (Lipinski definition) is 6. The quantitative estimate of drug-likeness (QED) is 0.650. The lowest BCUT2D eigenvalue weighted by atomic mass is 10.1. The Balaban J connectivity index is 2.61. The van der Waals surface area contributed by atoms with Crippen LogP contribution in [0.1, 0.15) is 11.1 Å². The summed E-state index contributed by atoms with van der Waals surface area (Å²) >= 11 is 0. The van der Waals surface area contributed by atoms with Gasteiger partial charge in [-0.25, -0.2) is 8.42 Å². The van der Waals surface area contributed by atoms with Crippen molar-refractivity contribution in [1.82, 2.24) is 0 Å². The molecule has 1 N–H and O–H groups in total. The Bertz CT molecular complexity index is 887. The van der Waals surface area contributed by atoms with Gasteiger partial charge in [-0.1, -0.05) is 17.7 Å². The van der Waals surface area contributed by atoms with E-state index in [0.29, 0.717) is 0 Å². The summed E-state index contributed by atoms with van der Waals surface area (Å²) in [6.07, 6.45) is 0. The number of nitro benzene ring substituents is 2. The zero-order valence-electron chi connectivity index (χ0n) is 12.7. The fraction of sp³-hybridized carbons (Fsp3) is 0.143. The average Bonchev–Trinajstić information content (AvgIpc) is 2.48. The SMILES string of the molecule is Cc1ccc(S(=O)(=O)Nc2c([N+](=O)[O-])cc(C)cc2[N+](=O)[O-])cc1. The third-order valence-corrected chi connectivity index (χ3v) is 4.57. The number of nitrogens with one attached hydrogen (secondary N) is 1. The highest BCUT2D eigenvalue weighted by Gasteiger charge is 2.30. The van der Waals surface area contributed by atoms with Crippen LogP contribution in [0.4, 0.5) is 17.1 Å². The maximum Gasteiger partial charge on any atom is 0.300 e. The Morgan fingerprint density at radius 3 is 1.75 bits per heavy atom. The second-order valence-electron chi connectivity index (χ2n) is 5.11. The van der Waals surface area contributed by atoms with Crippen LogP contribution in [0, 0.1) is 34.1 Å². The summed E-state index contributed by atoms with van der Waals surface area (Å²) in [5, 5.41) is 22.3. The Morgan fingerprint density at radius 1 is 0.875 bits per heavy atom. The third-order valence-electron chi connectivity index (χ3n) is 3.20. The van der Waals surface area contributed by atoms with Crippen LogP contribution in [0.5, 0.6) is 0 Å². The summed E-state index contributed by atoms with van der Waals surface area (Å²) < 4.78 is 26.8. The summed E-state index contributed by atoms with van der Waals surface area (Å²) in [6, 6.07) is 7.85. The largest absolute Gasteiger partial charge is 0.300 e. The molecule has 0 aliphatic carbocycles. The zero-order chi connectivity index (χ0) is 18.1. The molecule has 2 rings (SSSR count). The fourth-order valence-electron chi connectivity index (χ4n) is 2.05. The number of aryl methyl sites for hydroxylation is 2. The second-order valence-corrected chi connectivity index (χ2v) is 6.79. The van der Waals surface area contributed by atoms with Crippen molar-refractivity contribution in [3.05, 3.63) is 67.8 Å². The van der Waals surface area contributed by atoms with Crippen molar-refractivity contribution in [3.8, 4) is 0 Å². The number of nitrogens with zero attached hydrogens (tertiary/aromatic N) is 2. The molecule has 0 aliphatic rings. The molecular weight excluding hydrogens is 338 g/mol. The highest BCUT2D eigenvalue weighted by Crippen LogP contribution is 2.37. The Morgan fingerprint density at radius 2 is 1.33 bits per heavy atom. The van der Waals surface area contributed by atoms with Gasteiger partial charge in [0.2, 0.25) is 5.69 Å². The first-order chi connectivity index (χ1) is 11.1. The van der Waals surface area contributed by atoms with Crippen LogP contribution in [0.25, 0.3) is 0 Å². The molecule has 0 unspecified atom stereocenters. The molecule has 0 saturated heterocycles. The van der Waals surface area contributed by atoms with Gasteiger partial charge in [-0.05, 0) is 31.5 Å². The van der Waals surface area contributed by atoms with Gasteiger partial charge >= 0.3 is 11.4 Å². The van der Waals surface area contributed by atoms with Gasteiger partial charge in [-0.15, -0.1) is 0 Å². The second kappa shape index (κ2) is 6.24. The average molecular weight is 351 g/mol. The first-order valence-corrected chi connectivity index (χ1v) is 8.13. The minimum atomic E-state index is -4.21. The van der Waals surface area contributed by atoms with Gasteiger partial charge in [-0.2, -0.15) is 0 Å². The number of sulfonamides is 1. The molecule has 0 radical (unpaired) electrons. The summed E-state index contributed by atoms with van der Waals surface area (Å²) in [5.74, 6) is 0. The molecule has 0 fully saturated rings. The molecule has 24 heavy (non-hydrogen) atoms.